The van der Waals surface area contributed by atoms with E-state index in [0.29, 0.717) is 25.2 Å². The standard InChI is InChI=1S/C12H18N4O4/c1-2-15(6-3-7-17)10-5-4-9(12(13)14-18)8-11(10)16(19)20/h4-5,8,17-18H,2-3,6-7H2,1H3,(H2,13,14). The van der Waals surface area contributed by atoms with Crippen LogP contribution in [-0.2, 0) is 0 Å². The first-order valence-corrected chi connectivity index (χ1v) is 6.17. The summed E-state index contributed by atoms with van der Waals surface area (Å²) in [6.07, 6.45) is 0.521. The molecule has 8 nitrogen and oxygen atoms in total. The molecular formula is C12H18N4O4. The number of hydrogen-bond donors (Lipinski definition) is 3. The molecule has 1 rings (SSSR count). The number of nitro groups is 1. The van der Waals surface area contributed by atoms with Gasteiger partial charge in [0.25, 0.3) is 5.69 Å². The number of aliphatic hydroxyl groups excluding tert-OH is 1. The lowest BCUT2D eigenvalue weighted by Gasteiger charge is -2.22. The molecule has 0 fully saturated rings. The molecule has 1 aromatic carbocycles. The van der Waals surface area contributed by atoms with E-state index >= 15 is 0 Å². The van der Waals surface area contributed by atoms with E-state index in [-0.39, 0.29) is 23.7 Å². The van der Waals surface area contributed by atoms with Gasteiger partial charge in [-0.25, -0.2) is 0 Å². The third-order valence-electron chi connectivity index (χ3n) is 2.88. The average Bonchev–Trinajstić information content (AvgIpc) is 2.47. The van der Waals surface area contributed by atoms with Crippen molar-refractivity contribution >= 4 is 17.2 Å². The molecule has 20 heavy (non-hydrogen) atoms. The van der Waals surface area contributed by atoms with Gasteiger partial charge >= 0.3 is 0 Å². The molecular weight excluding hydrogens is 264 g/mol. The number of aliphatic hydroxyl groups is 1. The summed E-state index contributed by atoms with van der Waals surface area (Å²) in [6.45, 7) is 2.98. The van der Waals surface area contributed by atoms with Crippen molar-refractivity contribution in [3.8, 4) is 0 Å². The lowest BCUT2D eigenvalue weighted by molar-refractivity contribution is -0.384. The van der Waals surface area contributed by atoms with Crippen molar-refractivity contribution in [2.75, 3.05) is 24.6 Å². The van der Waals surface area contributed by atoms with Crippen molar-refractivity contribution in [3.05, 3.63) is 33.9 Å². The van der Waals surface area contributed by atoms with Crippen molar-refractivity contribution in [2.45, 2.75) is 13.3 Å². The minimum absolute atomic E-state index is 0.0203. The Kier molecular flexibility index (Phi) is 5.73. The number of nitro benzene ring substituents is 1. The number of nitrogens with zero attached hydrogens (tertiary/aromatic N) is 3. The molecule has 0 amide bonds. The third kappa shape index (κ3) is 3.58. The third-order valence-corrected chi connectivity index (χ3v) is 2.88. The zero-order valence-corrected chi connectivity index (χ0v) is 11.2. The smallest absolute Gasteiger partial charge is 0.293 e. The highest BCUT2D eigenvalue weighted by Gasteiger charge is 2.20. The molecule has 0 atom stereocenters. The highest BCUT2D eigenvalue weighted by molar-refractivity contribution is 5.98. The Morgan fingerprint density at radius 2 is 2.25 bits per heavy atom. The molecule has 4 N–H and O–H groups in total. The normalized spacial score (nSPS) is 11.4. The number of hydrogen-bond acceptors (Lipinski definition) is 6. The highest BCUT2D eigenvalue weighted by Crippen LogP contribution is 2.29. The Balaban J connectivity index is 3.21. The highest BCUT2D eigenvalue weighted by atomic mass is 16.6. The molecule has 8 heteroatoms. The van der Waals surface area contributed by atoms with Crippen LogP contribution in [0.15, 0.2) is 23.4 Å². The molecule has 0 heterocycles. The van der Waals surface area contributed by atoms with E-state index in [1.54, 1.807) is 17.0 Å². The minimum Gasteiger partial charge on any atom is -0.409 e. The van der Waals surface area contributed by atoms with Gasteiger partial charge in [0, 0.05) is 31.3 Å². The lowest BCUT2D eigenvalue weighted by atomic mass is 10.1. The summed E-state index contributed by atoms with van der Waals surface area (Å²) < 4.78 is 0. The van der Waals surface area contributed by atoms with Crippen LogP contribution < -0.4 is 10.6 Å². The first-order chi connectivity index (χ1) is 9.54. The number of benzene rings is 1. The van der Waals surface area contributed by atoms with Gasteiger partial charge in [-0.2, -0.15) is 0 Å². The predicted octanol–water partition coefficient (Wildman–Crippen LogP) is 0.898. The summed E-state index contributed by atoms with van der Waals surface area (Å²) in [7, 11) is 0. The number of oxime groups is 1. The van der Waals surface area contributed by atoms with Gasteiger partial charge in [0.15, 0.2) is 5.84 Å². The zero-order valence-electron chi connectivity index (χ0n) is 11.2. The van der Waals surface area contributed by atoms with E-state index in [9.17, 15) is 10.1 Å². The predicted molar refractivity (Wildman–Crippen MR) is 75.2 cm³/mol. The maximum atomic E-state index is 11.2. The van der Waals surface area contributed by atoms with E-state index < -0.39 is 4.92 Å². The molecule has 110 valence electrons. The average molecular weight is 282 g/mol. The molecule has 0 bridgehead atoms. The molecule has 0 aromatic heterocycles. The molecule has 0 aliphatic carbocycles. The van der Waals surface area contributed by atoms with Crippen LogP contribution in [0.5, 0.6) is 0 Å². The van der Waals surface area contributed by atoms with Crippen molar-refractivity contribution < 1.29 is 15.2 Å². The molecule has 1 aromatic rings. The second-order valence-corrected chi connectivity index (χ2v) is 4.10. The van der Waals surface area contributed by atoms with E-state index in [4.69, 9.17) is 16.0 Å². The number of rotatable bonds is 7. The monoisotopic (exact) mass is 282 g/mol. The van der Waals surface area contributed by atoms with Gasteiger partial charge in [-0.05, 0) is 25.5 Å². The fourth-order valence-corrected chi connectivity index (χ4v) is 1.86. The largest absolute Gasteiger partial charge is 0.409 e. The number of nitrogens with two attached hydrogens (primary N) is 1. The second-order valence-electron chi connectivity index (χ2n) is 4.10. The van der Waals surface area contributed by atoms with E-state index in [1.807, 2.05) is 6.92 Å². The SMILES string of the molecule is CCN(CCCO)c1ccc(/C(N)=N/O)cc1[N+](=O)[O-]. The van der Waals surface area contributed by atoms with Crippen LogP contribution in [0, 0.1) is 10.1 Å². The fourth-order valence-electron chi connectivity index (χ4n) is 1.86. The van der Waals surface area contributed by atoms with Gasteiger partial charge in [0.1, 0.15) is 5.69 Å². The molecule has 0 saturated heterocycles. The maximum absolute atomic E-state index is 11.2. The fraction of sp³-hybridized carbons (Fsp3) is 0.417. The van der Waals surface area contributed by atoms with Crippen molar-refractivity contribution in [1.29, 1.82) is 0 Å². The van der Waals surface area contributed by atoms with Crippen LogP contribution in [0.1, 0.15) is 18.9 Å². The van der Waals surface area contributed by atoms with Crippen molar-refractivity contribution in [1.82, 2.24) is 0 Å². The molecule has 0 saturated carbocycles. The Hall–Kier alpha value is -2.35. The first kappa shape index (κ1) is 15.7. The molecule has 0 radical (unpaired) electrons. The summed E-state index contributed by atoms with van der Waals surface area (Å²) >= 11 is 0. The number of anilines is 1. The summed E-state index contributed by atoms with van der Waals surface area (Å²) in [5, 5.41) is 31.5. The second kappa shape index (κ2) is 7.29. The topological polar surface area (TPSA) is 125 Å². The van der Waals surface area contributed by atoms with Crippen LogP contribution in [0.25, 0.3) is 0 Å². The van der Waals surface area contributed by atoms with Crippen LogP contribution >= 0.6 is 0 Å². The van der Waals surface area contributed by atoms with E-state index in [0.717, 1.165) is 0 Å². The molecule has 0 unspecified atom stereocenters. The Morgan fingerprint density at radius 1 is 1.55 bits per heavy atom. The van der Waals surface area contributed by atoms with Crippen LogP contribution in [0.4, 0.5) is 11.4 Å². The van der Waals surface area contributed by atoms with Gasteiger partial charge in [0.2, 0.25) is 0 Å². The zero-order chi connectivity index (χ0) is 15.1. The van der Waals surface area contributed by atoms with Crippen LogP contribution in [-0.4, -0.2) is 40.8 Å². The summed E-state index contributed by atoms with van der Waals surface area (Å²) in [5.74, 6) is -0.182. The van der Waals surface area contributed by atoms with Crippen LogP contribution in [0.2, 0.25) is 0 Å². The minimum atomic E-state index is -0.509. The van der Waals surface area contributed by atoms with E-state index in [1.165, 1.54) is 6.07 Å². The Morgan fingerprint density at radius 3 is 2.75 bits per heavy atom. The Bertz CT molecular complexity index is 504. The summed E-state index contributed by atoms with van der Waals surface area (Å²) in [5.41, 5.74) is 6.04. The molecule has 0 aliphatic heterocycles. The Labute approximate surface area is 116 Å². The van der Waals surface area contributed by atoms with Gasteiger partial charge in [-0.3, -0.25) is 10.1 Å². The maximum Gasteiger partial charge on any atom is 0.293 e. The summed E-state index contributed by atoms with van der Waals surface area (Å²) in [4.78, 5) is 12.5. The van der Waals surface area contributed by atoms with Gasteiger partial charge in [0.05, 0.1) is 4.92 Å². The van der Waals surface area contributed by atoms with Crippen LogP contribution in [0.3, 0.4) is 0 Å². The molecule has 0 aliphatic rings. The van der Waals surface area contributed by atoms with Gasteiger partial charge < -0.3 is 20.9 Å². The molecule has 0 spiro atoms. The quantitative estimate of drug-likeness (QED) is 0.224. The van der Waals surface area contributed by atoms with Crippen molar-refractivity contribution in [3.63, 3.8) is 0 Å². The van der Waals surface area contributed by atoms with Gasteiger partial charge in [-0.1, -0.05) is 5.16 Å². The first-order valence-electron chi connectivity index (χ1n) is 6.17. The van der Waals surface area contributed by atoms with Gasteiger partial charge in [-0.15, -0.1) is 0 Å². The van der Waals surface area contributed by atoms with Crippen molar-refractivity contribution in [2.24, 2.45) is 10.9 Å². The van der Waals surface area contributed by atoms with E-state index in [2.05, 4.69) is 5.16 Å². The lowest BCUT2D eigenvalue weighted by Crippen LogP contribution is -2.25. The number of amidine groups is 1. The summed E-state index contributed by atoms with van der Waals surface area (Å²) in [6, 6.07) is 4.39.